The molecule has 4 atom stereocenters. The molecule has 4 aliphatic heterocycles. The fourth-order valence-electron chi connectivity index (χ4n) is 7.73. The minimum atomic E-state index is -0.817. The van der Waals surface area contributed by atoms with Crippen LogP contribution in [0.3, 0.4) is 0 Å². The van der Waals surface area contributed by atoms with E-state index in [1.165, 1.54) is 43.8 Å². The monoisotopic (exact) mass is 682 g/mol. The van der Waals surface area contributed by atoms with Crippen LogP contribution in [0.4, 0.5) is 24.0 Å². The number of halogens is 3. The van der Waals surface area contributed by atoms with E-state index >= 15 is 4.39 Å². The van der Waals surface area contributed by atoms with Crippen LogP contribution in [0, 0.1) is 23.0 Å². The maximum atomic E-state index is 16.7. The summed E-state index contributed by atoms with van der Waals surface area (Å²) in [7, 11) is 2.85. The van der Waals surface area contributed by atoms with Gasteiger partial charge in [0.1, 0.15) is 39.8 Å². The minimum absolute atomic E-state index is 0.00379. The van der Waals surface area contributed by atoms with Crippen molar-refractivity contribution in [1.29, 1.82) is 5.26 Å². The minimum Gasteiger partial charge on any atom is -0.467 e. The number of rotatable bonds is 6. The zero-order valence-corrected chi connectivity index (χ0v) is 27.6. The van der Waals surface area contributed by atoms with Gasteiger partial charge < -0.3 is 30.0 Å². The number of fused-ring (bicyclic) bond motifs is 5. The molecule has 0 spiro atoms. The Morgan fingerprint density at radius 3 is 2.58 bits per heavy atom. The number of anilines is 2. The number of nitriles is 1. The summed E-state index contributed by atoms with van der Waals surface area (Å²) in [5.74, 6) is -1.11. The van der Waals surface area contributed by atoms with E-state index in [9.17, 15) is 18.8 Å². The fraction of sp³-hybridized carbons (Fsp3) is 0.515. The van der Waals surface area contributed by atoms with Gasteiger partial charge in [-0.05, 0) is 50.8 Å². The summed E-state index contributed by atoms with van der Waals surface area (Å²) in [6, 6.07) is 5.53. The topological polar surface area (TPSA) is 135 Å². The predicted octanol–water partition coefficient (Wildman–Crippen LogP) is 4.19. The number of pyridine rings is 1. The summed E-state index contributed by atoms with van der Waals surface area (Å²) in [4.78, 5) is 27.2. The molecule has 8 rings (SSSR count). The molecule has 48 heavy (non-hydrogen) atoms. The number of nitrogens with zero attached hydrogens (tertiary/aromatic N) is 6. The van der Waals surface area contributed by atoms with E-state index in [1.807, 2.05) is 11.0 Å². The Bertz CT molecular complexity index is 1960. The number of hydrogen-bond acceptors (Lipinski definition) is 11. The Morgan fingerprint density at radius 2 is 1.90 bits per heavy atom. The summed E-state index contributed by atoms with van der Waals surface area (Å²) in [5.41, 5.74) is 5.32. The van der Waals surface area contributed by atoms with Crippen LogP contribution in [0.15, 0.2) is 16.9 Å². The lowest BCUT2D eigenvalue weighted by Gasteiger charge is -2.34. The zero-order chi connectivity index (χ0) is 33.7. The number of nitrogens with two attached hydrogens (primary N) is 1. The molecule has 0 radical (unpaired) electrons. The van der Waals surface area contributed by atoms with Crippen LogP contribution in [0.2, 0.25) is 0 Å². The quantitative estimate of drug-likeness (QED) is 0.305. The molecule has 15 heteroatoms. The van der Waals surface area contributed by atoms with Crippen LogP contribution in [-0.4, -0.2) is 90.7 Å². The Balaban J connectivity index is 0.000000347. The third-order valence-electron chi connectivity index (χ3n) is 9.88. The molecule has 4 unspecified atom stereocenters. The molecule has 1 aromatic carbocycles. The summed E-state index contributed by atoms with van der Waals surface area (Å²) >= 11 is 0.897. The van der Waals surface area contributed by atoms with E-state index in [0.29, 0.717) is 31.5 Å². The van der Waals surface area contributed by atoms with Gasteiger partial charge in [0.15, 0.2) is 5.82 Å². The molecule has 3 N–H and O–H groups in total. The lowest BCUT2D eigenvalue weighted by Crippen LogP contribution is -2.51. The van der Waals surface area contributed by atoms with Crippen LogP contribution in [0.1, 0.15) is 37.7 Å². The molecule has 4 fully saturated rings. The number of aromatic nitrogens is 3. The average Bonchev–Trinajstić information content (AvgIpc) is 3.84. The molecule has 4 saturated heterocycles. The third kappa shape index (κ3) is 5.64. The third-order valence-corrected chi connectivity index (χ3v) is 10.9. The number of nitrogens with one attached hydrogen (secondary N) is 1. The first-order valence-corrected chi connectivity index (χ1v) is 17.0. The maximum Gasteiger partial charge on any atom is 0.318 e. The molecular weight excluding hydrogens is 645 g/mol. The lowest BCUT2D eigenvalue weighted by molar-refractivity contribution is 0.186. The van der Waals surface area contributed by atoms with Gasteiger partial charge in [-0.1, -0.05) is 0 Å². The van der Waals surface area contributed by atoms with Gasteiger partial charge in [0.2, 0.25) is 0 Å². The smallest absolute Gasteiger partial charge is 0.318 e. The van der Waals surface area contributed by atoms with Crippen molar-refractivity contribution in [2.45, 2.75) is 62.9 Å². The van der Waals surface area contributed by atoms with Crippen molar-refractivity contribution in [1.82, 2.24) is 24.8 Å². The summed E-state index contributed by atoms with van der Waals surface area (Å²) < 4.78 is 56.0. The second kappa shape index (κ2) is 13.1. The highest BCUT2D eigenvalue weighted by Crippen LogP contribution is 2.42. The normalized spacial score (nSPS) is 23.4. The number of ether oxygens (including phenoxy) is 2. The Morgan fingerprint density at radius 1 is 1.12 bits per heavy atom. The van der Waals surface area contributed by atoms with Gasteiger partial charge >= 0.3 is 6.01 Å². The Hall–Kier alpha value is -3.97. The number of methoxy groups -OCH3 is 2. The van der Waals surface area contributed by atoms with Crippen LogP contribution in [0.5, 0.6) is 6.01 Å². The highest BCUT2D eigenvalue weighted by Gasteiger charge is 2.36. The predicted molar refractivity (Wildman–Crippen MR) is 178 cm³/mol. The molecule has 0 saturated carbocycles. The van der Waals surface area contributed by atoms with E-state index in [0.717, 1.165) is 37.1 Å². The molecule has 0 aliphatic carbocycles. The van der Waals surface area contributed by atoms with Crippen LogP contribution in [-0.2, 0) is 11.3 Å². The van der Waals surface area contributed by atoms with E-state index in [2.05, 4.69) is 20.2 Å². The molecule has 3 aromatic heterocycles. The molecular formula is C33H37F3N8O3S. The van der Waals surface area contributed by atoms with Crippen LogP contribution < -0.4 is 26.2 Å². The van der Waals surface area contributed by atoms with Gasteiger partial charge in [0.05, 0.1) is 29.7 Å². The van der Waals surface area contributed by atoms with Crippen molar-refractivity contribution in [2.75, 3.05) is 57.6 Å². The Labute approximate surface area is 279 Å². The first kappa shape index (κ1) is 32.6. The van der Waals surface area contributed by atoms with Crippen molar-refractivity contribution in [3.8, 4) is 23.3 Å². The average molecular weight is 683 g/mol. The van der Waals surface area contributed by atoms with Crippen molar-refractivity contribution >= 4 is 43.1 Å². The van der Waals surface area contributed by atoms with Gasteiger partial charge in [-0.3, -0.25) is 9.69 Å². The van der Waals surface area contributed by atoms with Gasteiger partial charge in [-0.15, -0.1) is 11.3 Å². The van der Waals surface area contributed by atoms with Crippen molar-refractivity contribution in [2.24, 2.45) is 0 Å². The molecule has 7 heterocycles. The number of alkyl halides is 1. The number of benzene rings is 1. The lowest BCUT2D eigenvalue weighted by atomic mass is 10.0. The highest BCUT2D eigenvalue weighted by molar-refractivity contribution is 7.23. The second-order valence-corrected chi connectivity index (χ2v) is 13.8. The van der Waals surface area contributed by atoms with Gasteiger partial charge in [-0.2, -0.15) is 15.2 Å². The van der Waals surface area contributed by atoms with Gasteiger partial charge in [-0.25, -0.2) is 13.2 Å². The van der Waals surface area contributed by atoms with Crippen molar-refractivity contribution in [3.05, 3.63) is 39.7 Å². The molecule has 11 nitrogen and oxygen atoms in total. The maximum absolute atomic E-state index is 16.7. The zero-order valence-electron chi connectivity index (χ0n) is 26.8. The van der Waals surface area contributed by atoms with Crippen LogP contribution in [0.25, 0.3) is 32.2 Å². The first-order chi connectivity index (χ1) is 23.2. The standard InChI is InChI=1S/C26H25F2N7O3S.C7H12FN/c1-37-8-7-35-21(14-5-6-16(27)22-17(14)15(9-29)23(30)39-22)19(28)20-18(25(35)36)24(33-26(32-20)38-2)34-10-12-3-4-13(11-34)31-12;8-6-4-7-2-1-3-9(7)5-6/h5-6,12-13,31H,3-4,7-8,10-11,30H2,1-2H3;6-7H,1-5H2. The molecule has 4 aliphatic rings. The van der Waals surface area contributed by atoms with Gasteiger partial charge in [0.25, 0.3) is 5.56 Å². The summed E-state index contributed by atoms with van der Waals surface area (Å²) in [5, 5.41) is 13.6. The largest absolute Gasteiger partial charge is 0.467 e. The molecule has 2 bridgehead atoms. The van der Waals surface area contributed by atoms with E-state index in [-0.39, 0.29) is 74.1 Å². The molecule has 254 valence electrons. The van der Waals surface area contributed by atoms with E-state index in [1.54, 1.807) is 0 Å². The SMILES string of the molecule is COCCn1c(-c2ccc(F)c3sc(N)c(C#N)c23)c(F)c2nc(OC)nc(N3CC4CCC(C3)N4)c2c1=O.FC1CC2CCCN2C1. The first-order valence-electron chi connectivity index (χ1n) is 16.2. The van der Waals surface area contributed by atoms with E-state index in [4.69, 9.17) is 15.2 Å². The molecule has 4 aromatic rings. The number of nitrogen functional groups attached to an aromatic ring is 1. The molecule has 0 amide bonds. The van der Waals surface area contributed by atoms with Crippen molar-refractivity contribution < 1.29 is 22.6 Å². The second-order valence-electron chi connectivity index (χ2n) is 12.8. The highest BCUT2D eigenvalue weighted by atomic mass is 32.1. The number of piperazine rings is 1. The van der Waals surface area contributed by atoms with Crippen molar-refractivity contribution in [3.63, 3.8) is 0 Å². The van der Waals surface area contributed by atoms with Crippen LogP contribution >= 0.6 is 11.3 Å². The summed E-state index contributed by atoms with van der Waals surface area (Å²) in [6.07, 6.45) is 4.82. The van der Waals surface area contributed by atoms with Gasteiger partial charge in [0, 0.05) is 62.4 Å². The fourth-order valence-corrected chi connectivity index (χ4v) is 8.68. The van der Waals surface area contributed by atoms with E-state index < -0.39 is 23.4 Å². The number of hydrogen-bond donors (Lipinski definition) is 2. The number of thiophene rings is 1. The summed E-state index contributed by atoms with van der Waals surface area (Å²) in [6.45, 7) is 3.16. The Kier molecular flexibility index (Phi) is 8.92.